The number of methoxy groups -OCH3 is 1. The van der Waals surface area contributed by atoms with E-state index in [-0.39, 0.29) is 53.2 Å². The molecule has 252 valence electrons. The Morgan fingerprint density at radius 3 is 2.56 bits per heavy atom. The minimum atomic E-state index is -0.757. The maximum atomic E-state index is 14.3. The van der Waals surface area contributed by atoms with Crippen molar-refractivity contribution in [3.8, 4) is 17.0 Å². The lowest BCUT2D eigenvalue weighted by molar-refractivity contribution is -0.138. The third-order valence-corrected chi connectivity index (χ3v) is 9.43. The highest BCUT2D eigenvalue weighted by atomic mass is 35.5. The third-order valence-electron chi connectivity index (χ3n) is 8.69. The number of aromatic nitrogens is 1. The van der Waals surface area contributed by atoms with Crippen molar-refractivity contribution in [1.82, 2.24) is 20.7 Å². The SMILES string of the molecule is COC(=O)NCc1ccc(Cl)c(CN(C(=O)[C@H]2CNCC[C@@H]2c2ccc(OCc3cc(-c4c(F)ccc(F)c4Cl)no3)cc2)C2CC2)c1. The first kappa shape index (κ1) is 33.7. The largest absolute Gasteiger partial charge is 0.486 e. The summed E-state index contributed by atoms with van der Waals surface area (Å²) in [6.45, 7) is 2.03. The first-order valence-corrected chi connectivity index (χ1v) is 16.4. The molecule has 0 unspecified atom stereocenters. The molecule has 4 aromatic rings. The van der Waals surface area contributed by atoms with E-state index in [0.717, 1.165) is 54.6 Å². The number of carbonyl (C=O) groups excluding carboxylic acids is 2. The molecule has 2 N–H and O–H groups in total. The average Bonchev–Trinajstić information content (AvgIpc) is 3.85. The number of halogens is 4. The number of ether oxygens (including phenoxy) is 2. The molecule has 1 saturated carbocycles. The van der Waals surface area contributed by atoms with Crippen LogP contribution in [0.2, 0.25) is 10.0 Å². The lowest BCUT2D eigenvalue weighted by Gasteiger charge is -2.36. The summed E-state index contributed by atoms with van der Waals surface area (Å²) < 4.78 is 44.0. The fraction of sp³-hybridized carbons (Fsp3) is 0.343. The minimum Gasteiger partial charge on any atom is -0.486 e. The van der Waals surface area contributed by atoms with Crippen molar-refractivity contribution in [3.05, 3.63) is 105 Å². The summed E-state index contributed by atoms with van der Waals surface area (Å²) in [5, 5.41) is 10.1. The van der Waals surface area contributed by atoms with Crippen LogP contribution in [0.1, 0.15) is 47.6 Å². The Bertz CT molecular complexity index is 1780. The molecule has 2 fully saturated rings. The van der Waals surface area contributed by atoms with E-state index in [9.17, 15) is 18.4 Å². The van der Waals surface area contributed by atoms with Crippen molar-refractivity contribution in [1.29, 1.82) is 0 Å². The van der Waals surface area contributed by atoms with Crippen LogP contribution >= 0.6 is 23.2 Å². The number of hydrogen-bond acceptors (Lipinski definition) is 7. The van der Waals surface area contributed by atoms with Crippen LogP contribution < -0.4 is 15.4 Å². The summed E-state index contributed by atoms with van der Waals surface area (Å²) in [5.74, 6) is -0.772. The summed E-state index contributed by atoms with van der Waals surface area (Å²) in [7, 11) is 1.31. The molecule has 1 saturated heterocycles. The fourth-order valence-electron chi connectivity index (χ4n) is 6.02. The number of alkyl carbamates (subject to hydrolysis) is 1. The van der Waals surface area contributed by atoms with Gasteiger partial charge in [0, 0.05) is 36.8 Å². The van der Waals surface area contributed by atoms with Crippen molar-refractivity contribution < 1.29 is 32.4 Å². The second-order valence-corrected chi connectivity index (χ2v) is 12.7. The Morgan fingerprint density at radius 1 is 1.04 bits per heavy atom. The van der Waals surface area contributed by atoms with Crippen LogP contribution in [-0.4, -0.2) is 48.3 Å². The molecular weight excluding hydrogens is 665 g/mol. The lowest BCUT2D eigenvalue weighted by atomic mass is 9.80. The second-order valence-electron chi connectivity index (χ2n) is 11.9. The molecule has 1 aliphatic heterocycles. The normalized spacial score (nSPS) is 17.5. The van der Waals surface area contributed by atoms with Crippen LogP contribution in [0.5, 0.6) is 5.75 Å². The van der Waals surface area contributed by atoms with Gasteiger partial charge in [-0.05, 0) is 78.7 Å². The van der Waals surface area contributed by atoms with Crippen LogP contribution in [-0.2, 0) is 29.2 Å². The molecule has 0 bridgehead atoms. The molecule has 48 heavy (non-hydrogen) atoms. The Kier molecular flexibility index (Phi) is 10.5. The molecule has 2 amide bonds. The van der Waals surface area contributed by atoms with E-state index in [1.54, 1.807) is 6.07 Å². The predicted octanol–water partition coefficient (Wildman–Crippen LogP) is 7.25. The number of hydrogen-bond donors (Lipinski definition) is 2. The van der Waals surface area contributed by atoms with E-state index in [2.05, 4.69) is 20.5 Å². The summed E-state index contributed by atoms with van der Waals surface area (Å²) >= 11 is 12.5. The molecule has 1 aliphatic carbocycles. The first-order chi connectivity index (χ1) is 23.2. The summed E-state index contributed by atoms with van der Waals surface area (Å²) in [6, 6.07) is 16.7. The predicted molar refractivity (Wildman–Crippen MR) is 176 cm³/mol. The molecular formula is C35H34Cl2F2N4O5. The number of nitrogens with zero attached hydrogens (tertiary/aromatic N) is 2. The van der Waals surface area contributed by atoms with E-state index in [1.165, 1.54) is 13.2 Å². The third kappa shape index (κ3) is 7.75. The van der Waals surface area contributed by atoms with Gasteiger partial charge in [0.1, 0.15) is 29.7 Å². The Balaban J connectivity index is 1.12. The van der Waals surface area contributed by atoms with Crippen molar-refractivity contribution in [3.63, 3.8) is 0 Å². The lowest BCUT2D eigenvalue weighted by Crippen LogP contribution is -2.47. The molecule has 0 radical (unpaired) electrons. The van der Waals surface area contributed by atoms with E-state index < -0.39 is 17.7 Å². The molecule has 13 heteroatoms. The maximum absolute atomic E-state index is 14.3. The number of amides is 2. The molecule has 0 spiro atoms. The summed E-state index contributed by atoms with van der Waals surface area (Å²) in [4.78, 5) is 27.7. The van der Waals surface area contributed by atoms with E-state index >= 15 is 0 Å². The molecule has 6 rings (SSSR count). The van der Waals surface area contributed by atoms with Crippen LogP contribution in [0.15, 0.2) is 65.2 Å². The van der Waals surface area contributed by atoms with Gasteiger partial charge in [0.05, 0.1) is 23.6 Å². The zero-order valence-corrected chi connectivity index (χ0v) is 27.6. The van der Waals surface area contributed by atoms with Gasteiger partial charge in [-0.2, -0.15) is 0 Å². The monoisotopic (exact) mass is 698 g/mol. The average molecular weight is 700 g/mol. The highest BCUT2D eigenvalue weighted by Crippen LogP contribution is 2.38. The molecule has 2 aliphatic rings. The minimum absolute atomic E-state index is 0.00265. The highest BCUT2D eigenvalue weighted by molar-refractivity contribution is 6.33. The Labute approximate surface area is 286 Å². The molecule has 2 heterocycles. The Hall–Kier alpha value is -4.19. The zero-order chi connectivity index (χ0) is 33.8. The van der Waals surface area contributed by atoms with E-state index in [1.807, 2.05) is 41.3 Å². The number of benzene rings is 3. The number of nitrogens with one attached hydrogen (secondary N) is 2. The quantitative estimate of drug-likeness (QED) is 0.159. The van der Waals surface area contributed by atoms with Crippen LogP contribution in [0.3, 0.4) is 0 Å². The van der Waals surface area contributed by atoms with Crippen molar-refractivity contribution >= 4 is 35.2 Å². The van der Waals surface area contributed by atoms with Crippen LogP contribution in [0.25, 0.3) is 11.3 Å². The number of rotatable bonds is 11. The molecule has 2 atom stereocenters. The topological polar surface area (TPSA) is 106 Å². The smallest absolute Gasteiger partial charge is 0.407 e. The maximum Gasteiger partial charge on any atom is 0.407 e. The van der Waals surface area contributed by atoms with Crippen LogP contribution in [0, 0.1) is 17.6 Å². The standard InChI is InChI=1S/C35H34Cl2F2N4O5/c1-46-35(45)41-16-20-2-9-28(36)22(14-20)18-43(23-5-6-23)34(44)27-17-40-13-12-26(27)21-3-7-24(8-4-21)47-19-25-15-31(42-48-25)32-29(38)10-11-30(39)33(32)37/h2-4,7-11,14-15,23,26-27,40H,5-6,12-13,16-19H2,1H3,(H,41,45)/t26-,27+/m1/s1. The first-order valence-electron chi connectivity index (χ1n) is 15.6. The summed E-state index contributed by atoms with van der Waals surface area (Å²) in [6.07, 6.45) is 2.16. The molecule has 3 aromatic carbocycles. The Morgan fingerprint density at radius 2 is 1.81 bits per heavy atom. The van der Waals surface area contributed by atoms with Gasteiger partial charge in [-0.15, -0.1) is 0 Å². The van der Waals surface area contributed by atoms with Crippen molar-refractivity contribution in [2.45, 2.75) is 50.9 Å². The molecule has 9 nitrogen and oxygen atoms in total. The van der Waals surface area contributed by atoms with Gasteiger partial charge in [-0.25, -0.2) is 13.6 Å². The second kappa shape index (κ2) is 14.9. The van der Waals surface area contributed by atoms with Gasteiger partial charge in [0.25, 0.3) is 0 Å². The van der Waals surface area contributed by atoms with Crippen molar-refractivity contribution in [2.75, 3.05) is 20.2 Å². The van der Waals surface area contributed by atoms with E-state index in [0.29, 0.717) is 29.6 Å². The van der Waals surface area contributed by atoms with Crippen LogP contribution in [0.4, 0.5) is 13.6 Å². The molecule has 1 aromatic heterocycles. The van der Waals surface area contributed by atoms with Gasteiger partial charge >= 0.3 is 6.09 Å². The van der Waals surface area contributed by atoms with Gasteiger partial charge in [-0.3, -0.25) is 4.79 Å². The van der Waals surface area contributed by atoms with E-state index in [4.69, 9.17) is 32.5 Å². The van der Waals surface area contributed by atoms with Crippen molar-refractivity contribution in [2.24, 2.45) is 5.92 Å². The number of carbonyl (C=O) groups is 2. The number of piperidine rings is 1. The van der Waals surface area contributed by atoms with Gasteiger partial charge in [0.15, 0.2) is 5.76 Å². The summed E-state index contributed by atoms with van der Waals surface area (Å²) in [5.41, 5.74) is 2.61. The van der Waals surface area contributed by atoms with Gasteiger partial charge in [-0.1, -0.05) is 52.6 Å². The zero-order valence-electron chi connectivity index (χ0n) is 26.1. The fourth-order valence-corrected chi connectivity index (χ4v) is 6.45. The van der Waals surface area contributed by atoms with Gasteiger partial charge < -0.3 is 29.5 Å². The highest BCUT2D eigenvalue weighted by Gasteiger charge is 2.40. The van der Waals surface area contributed by atoms with Gasteiger partial charge in [0.2, 0.25) is 5.91 Å².